The van der Waals surface area contributed by atoms with Crippen LogP contribution in [0.2, 0.25) is 0 Å². The predicted octanol–water partition coefficient (Wildman–Crippen LogP) is 0.831. The van der Waals surface area contributed by atoms with Crippen LogP contribution < -0.4 is 5.32 Å². The maximum atomic E-state index is 13.2. The van der Waals surface area contributed by atoms with Crippen molar-refractivity contribution in [1.82, 2.24) is 35.0 Å². The average Bonchev–Trinajstić information content (AvgIpc) is 3.48. The summed E-state index contributed by atoms with van der Waals surface area (Å²) in [6.45, 7) is 7.56. The molecular formula is C25H31N7O4. The molecule has 11 heteroatoms. The van der Waals surface area contributed by atoms with Gasteiger partial charge in [0.25, 0.3) is 11.8 Å². The van der Waals surface area contributed by atoms with E-state index in [9.17, 15) is 19.2 Å². The van der Waals surface area contributed by atoms with E-state index in [2.05, 4.69) is 34.4 Å². The summed E-state index contributed by atoms with van der Waals surface area (Å²) >= 11 is 0. The number of nitrogens with one attached hydrogen (secondary N) is 1. The summed E-state index contributed by atoms with van der Waals surface area (Å²) in [5, 5.41) is 10.6. The molecule has 1 aromatic heterocycles. The first-order valence-electron chi connectivity index (χ1n) is 12.5. The molecule has 190 valence electrons. The molecule has 0 aliphatic carbocycles. The molecule has 0 bridgehead atoms. The van der Waals surface area contributed by atoms with Gasteiger partial charge in [-0.2, -0.15) is 0 Å². The number of rotatable bonds is 5. The lowest BCUT2D eigenvalue weighted by Gasteiger charge is -2.40. The van der Waals surface area contributed by atoms with E-state index >= 15 is 0 Å². The molecule has 2 aromatic rings. The Balaban J connectivity index is 1.30. The number of amides is 4. The smallest absolute Gasteiger partial charge is 0.276 e. The molecule has 0 radical (unpaired) electrons. The zero-order valence-corrected chi connectivity index (χ0v) is 20.8. The molecule has 0 saturated carbocycles. The number of carbonyl (C=O) groups excluding carboxylic acids is 4. The van der Waals surface area contributed by atoms with Gasteiger partial charge >= 0.3 is 0 Å². The largest absolute Gasteiger partial charge is 0.337 e. The van der Waals surface area contributed by atoms with E-state index in [0.29, 0.717) is 23.6 Å². The van der Waals surface area contributed by atoms with E-state index in [1.807, 2.05) is 13.1 Å². The number of carbonyl (C=O) groups is 4. The minimum Gasteiger partial charge on any atom is -0.337 e. The Kier molecular flexibility index (Phi) is 6.33. The molecule has 36 heavy (non-hydrogen) atoms. The van der Waals surface area contributed by atoms with E-state index in [1.165, 1.54) is 9.58 Å². The third-order valence-electron chi connectivity index (χ3n) is 7.69. The van der Waals surface area contributed by atoms with Crippen molar-refractivity contribution < 1.29 is 19.2 Å². The fourth-order valence-electron chi connectivity index (χ4n) is 5.60. The first-order chi connectivity index (χ1) is 17.3. The first-order valence-corrected chi connectivity index (χ1v) is 12.5. The van der Waals surface area contributed by atoms with Gasteiger partial charge in [-0.15, -0.1) is 5.10 Å². The van der Waals surface area contributed by atoms with Crippen molar-refractivity contribution in [2.75, 3.05) is 26.7 Å². The highest BCUT2D eigenvalue weighted by molar-refractivity contribution is 6.05. The number of fused-ring (bicyclic) bond motifs is 1. The number of hydrogen-bond donors (Lipinski definition) is 1. The van der Waals surface area contributed by atoms with Gasteiger partial charge in [0.2, 0.25) is 11.8 Å². The number of benzene rings is 1. The van der Waals surface area contributed by atoms with Gasteiger partial charge in [-0.05, 0) is 49.1 Å². The van der Waals surface area contributed by atoms with Crippen molar-refractivity contribution in [1.29, 1.82) is 0 Å². The summed E-state index contributed by atoms with van der Waals surface area (Å²) in [6, 6.07) is 4.77. The number of aromatic nitrogens is 3. The SMILES string of the molecule is CCN1CCC(N(C)C(=O)c2cn(-c3ccc4c(c3)CN(C3CCC(=O)NC3=O)C4=O)nn2)C(C)C1. The Labute approximate surface area is 209 Å². The third kappa shape index (κ3) is 4.27. The molecule has 0 spiro atoms. The monoisotopic (exact) mass is 493 g/mol. The zero-order valence-electron chi connectivity index (χ0n) is 20.8. The Morgan fingerprint density at radius 3 is 2.75 bits per heavy atom. The maximum absolute atomic E-state index is 13.2. The molecule has 5 rings (SSSR count). The van der Waals surface area contributed by atoms with Crippen molar-refractivity contribution in [3.8, 4) is 5.69 Å². The summed E-state index contributed by atoms with van der Waals surface area (Å²) in [5.41, 5.74) is 2.22. The Bertz CT molecular complexity index is 1220. The molecule has 11 nitrogen and oxygen atoms in total. The number of imide groups is 1. The normalized spacial score (nSPS) is 24.6. The fourth-order valence-corrected chi connectivity index (χ4v) is 5.60. The number of nitrogens with zero attached hydrogens (tertiary/aromatic N) is 6. The van der Waals surface area contributed by atoms with Crippen LogP contribution in [0.4, 0.5) is 0 Å². The van der Waals surface area contributed by atoms with Crippen LogP contribution in [0, 0.1) is 5.92 Å². The highest BCUT2D eigenvalue weighted by Crippen LogP contribution is 2.29. The summed E-state index contributed by atoms with van der Waals surface area (Å²) in [4.78, 5) is 55.5. The van der Waals surface area contributed by atoms with Crippen LogP contribution >= 0.6 is 0 Å². The zero-order chi connectivity index (χ0) is 25.6. The van der Waals surface area contributed by atoms with E-state index in [-0.39, 0.29) is 42.4 Å². The Morgan fingerprint density at radius 1 is 1.22 bits per heavy atom. The average molecular weight is 494 g/mol. The molecular weight excluding hydrogens is 462 g/mol. The lowest BCUT2D eigenvalue weighted by atomic mass is 9.92. The summed E-state index contributed by atoms with van der Waals surface area (Å²) in [6.07, 6.45) is 3.06. The minimum absolute atomic E-state index is 0.148. The Morgan fingerprint density at radius 2 is 2.03 bits per heavy atom. The van der Waals surface area contributed by atoms with Crippen molar-refractivity contribution in [3.63, 3.8) is 0 Å². The Hall–Kier alpha value is -3.60. The van der Waals surface area contributed by atoms with Crippen LogP contribution in [0.25, 0.3) is 5.69 Å². The highest BCUT2D eigenvalue weighted by atomic mass is 16.2. The van der Waals surface area contributed by atoms with E-state index in [4.69, 9.17) is 0 Å². The summed E-state index contributed by atoms with van der Waals surface area (Å²) in [7, 11) is 1.83. The topological polar surface area (TPSA) is 121 Å². The number of likely N-dealkylation sites (tertiary alicyclic amines) is 1. The first kappa shape index (κ1) is 24.1. The number of piperidine rings is 2. The molecule has 3 atom stereocenters. The lowest BCUT2D eigenvalue weighted by molar-refractivity contribution is -0.136. The van der Waals surface area contributed by atoms with Crippen LogP contribution in [0.5, 0.6) is 0 Å². The van der Waals surface area contributed by atoms with E-state index in [1.54, 1.807) is 23.2 Å². The number of hydrogen-bond acceptors (Lipinski definition) is 7. The molecule has 4 heterocycles. The molecule has 3 aliphatic heterocycles. The van der Waals surface area contributed by atoms with Gasteiger partial charge in [0.15, 0.2) is 5.69 Å². The summed E-state index contributed by atoms with van der Waals surface area (Å²) < 4.78 is 1.53. The molecule has 4 amide bonds. The maximum Gasteiger partial charge on any atom is 0.276 e. The van der Waals surface area contributed by atoms with E-state index < -0.39 is 11.9 Å². The van der Waals surface area contributed by atoms with Gasteiger partial charge in [-0.3, -0.25) is 24.5 Å². The lowest BCUT2D eigenvalue weighted by Crippen LogP contribution is -2.52. The van der Waals surface area contributed by atoms with Crippen LogP contribution in [0.3, 0.4) is 0 Å². The van der Waals surface area contributed by atoms with Crippen molar-refractivity contribution in [2.45, 2.75) is 51.7 Å². The second kappa shape index (κ2) is 9.45. The van der Waals surface area contributed by atoms with Crippen molar-refractivity contribution in [3.05, 3.63) is 41.2 Å². The standard InChI is InChI=1S/C25H31N7O4/c1-4-30-10-9-20(15(2)12-30)29(3)25(36)19-14-32(28-27-19)17-5-6-18-16(11-17)13-31(24(18)35)21-7-8-22(33)26-23(21)34/h5-6,11,14-15,20-21H,4,7-10,12-13H2,1-3H3,(H,26,33,34). The third-order valence-corrected chi connectivity index (χ3v) is 7.69. The van der Waals surface area contributed by atoms with Crippen LogP contribution in [0.1, 0.15) is 59.5 Å². The second-order valence-electron chi connectivity index (χ2n) is 9.93. The molecule has 2 fully saturated rings. The van der Waals surface area contributed by atoms with Crippen LogP contribution in [-0.4, -0.2) is 92.1 Å². The van der Waals surface area contributed by atoms with Gasteiger partial charge in [0, 0.05) is 44.7 Å². The van der Waals surface area contributed by atoms with Gasteiger partial charge in [-0.1, -0.05) is 19.1 Å². The second-order valence-corrected chi connectivity index (χ2v) is 9.93. The molecule has 3 unspecified atom stereocenters. The fraction of sp³-hybridized carbons (Fsp3) is 0.520. The predicted molar refractivity (Wildman–Crippen MR) is 129 cm³/mol. The van der Waals surface area contributed by atoms with Crippen LogP contribution in [0.15, 0.2) is 24.4 Å². The molecule has 2 saturated heterocycles. The molecule has 1 aromatic carbocycles. The van der Waals surface area contributed by atoms with E-state index in [0.717, 1.165) is 31.6 Å². The molecule has 1 N–H and O–H groups in total. The van der Waals surface area contributed by atoms with Crippen molar-refractivity contribution in [2.24, 2.45) is 5.92 Å². The van der Waals surface area contributed by atoms with Gasteiger partial charge in [-0.25, -0.2) is 4.68 Å². The van der Waals surface area contributed by atoms with Gasteiger partial charge in [0.1, 0.15) is 6.04 Å². The van der Waals surface area contributed by atoms with Gasteiger partial charge < -0.3 is 14.7 Å². The molecule has 3 aliphatic rings. The van der Waals surface area contributed by atoms with Crippen molar-refractivity contribution >= 4 is 23.6 Å². The quantitative estimate of drug-likeness (QED) is 0.613. The summed E-state index contributed by atoms with van der Waals surface area (Å²) in [5.74, 6) is -0.783. The minimum atomic E-state index is -0.663. The highest BCUT2D eigenvalue weighted by Gasteiger charge is 2.39. The van der Waals surface area contributed by atoms with Crippen LogP contribution in [-0.2, 0) is 16.1 Å². The van der Waals surface area contributed by atoms with Gasteiger partial charge in [0.05, 0.1) is 11.9 Å².